The Morgan fingerprint density at radius 3 is 1.83 bits per heavy atom. The summed E-state index contributed by atoms with van der Waals surface area (Å²) in [4.78, 5) is 0. The molecule has 0 aromatic rings. The molecule has 0 rings (SSSR count). The van der Waals surface area contributed by atoms with Crippen molar-refractivity contribution in [3.8, 4) is 0 Å². The highest BCUT2D eigenvalue weighted by Crippen LogP contribution is 2.24. The highest BCUT2D eigenvalue weighted by Gasteiger charge is 2.10. The SMILES string of the molecule is CCCCCCCC(CCCCCN)CC(C)C. The van der Waals surface area contributed by atoms with E-state index >= 15 is 0 Å². The third-order valence-corrected chi connectivity index (χ3v) is 3.84. The average Bonchev–Trinajstić information content (AvgIpc) is 2.33. The highest BCUT2D eigenvalue weighted by atomic mass is 14.5. The van der Waals surface area contributed by atoms with Crippen molar-refractivity contribution in [2.45, 2.75) is 91.4 Å². The summed E-state index contributed by atoms with van der Waals surface area (Å²) in [5, 5.41) is 0. The van der Waals surface area contributed by atoms with Gasteiger partial charge in [-0.3, -0.25) is 0 Å². The minimum Gasteiger partial charge on any atom is -0.330 e. The highest BCUT2D eigenvalue weighted by molar-refractivity contribution is 4.63. The molecule has 0 spiro atoms. The minimum atomic E-state index is 0.861. The Kier molecular flexibility index (Phi) is 13.4. The zero-order chi connectivity index (χ0) is 13.6. The van der Waals surface area contributed by atoms with Gasteiger partial charge in [-0.25, -0.2) is 0 Å². The molecule has 0 aliphatic rings. The van der Waals surface area contributed by atoms with Crippen molar-refractivity contribution in [3.05, 3.63) is 0 Å². The monoisotopic (exact) mass is 255 g/mol. The molecule has 2 N–H and O–H groups in total. The first-order valence-corrected chi connectivity index (χ1v) is 8.40. The number of hydrogen-bond donors (Lipinski definition) is 1. The number of rotatable bonds is 13. The quantitative estimate of drug-likeness (QED) is 0.430. The fourth-order valence-corrected chi connectivity index (χ4v) is 2.84. The van der Waals surface area contributed by atoms with Gasteiger partial charge in [-0.05, 0) is 31.2 Å². The lowest BCUT2D eigenvalue weighted by Crippen LogP contribution is -2.06. The van der Waals surface area contributed by atoms with E-state index in [9.17, 15) is 0 Å². The standard InChI is InChI=1S/C17H37N/c1-4-5-6-7-9-12-17(15-16(2)3)13-10-8-11-14-18/h16-17H,4-15,18H2,1-3H3. The molecule has 0 amide bonds. The molecule has 0 bridgehead atoms. The fourth-order valence-electron chi connectivity index (χ4n) is 2.84. The Balaban J connectivity index is 3.63. The van der Waals surface area contributed by atoms with Crippen LogP contribution in [-0.2, 0) is 0 Å². The van der Waals surface area contributed by atoms with Crippen LogP contribution in [0.5, 0.6) is 0 Å². The molecular weight excluding hydrogens is 218 g/mol. The second-order valence-electron chi connectivity index (χ2n) is 6.34. The Morgan fingerprint density at radius 2 is 1.33 bits per heavy atom. The smallest absolute Gasteiger partial charge is 0.00773 e. The van der Waals surface area contributed by atoms with Gasteiger partial charge in [0.2, 0.25) is 0 Å². The Hall–Kier alpha value is -0.0400. The molecule has 1 heteroatoms. The van der Waals surface area contributed by atoms with Crippen molar-refractivity contribution < 1.29 is 0 Å². The molecule has 0 saturated carbocycles. The van der Waals surface area contributed by atoms with E-state index in [1.807, 2.05) is 0 Å². The third kappa shape index (κ3) is 12.4. The maximum atomic E-state index is 5.55. The molecule has 0 aromatic carbocycles. The van der Waals surface area contributed by atoms with Crippen LogP contribution in [0.4, 0.5) is 0 Å². The maximum Gasteiger partial charge on any atom is -0.00773 e. The normalized spacial score (nSPS) is 13.2. The van der Waals surface area contributed by atoms with Crippen LogP contribution in [0, 0.1) is 11.8 Å². The van der Waals surface area contributed by atoms with Gasteiger partial charge in [-0.2, -0.15) is 0 Å². The molecule has 0 aliphatic heterocycles. The van der Waals surface area contributed by atoms with Gasteiger partial charge in [0.15, 0.2) is 0 Å². The summed E-state index contributed by atoms with van der Waals surface area (Å²) in [7, 11) is 0. The zero-order valence-electron chi connectivity index (χ0n) is 13.2. The number of nitrogens with two attached hydrogens (primary N) is 1. The van der Waals surface area contributed by atoms with E-state index in [4.69, 9.17) is 5.73 Å². The van der Waals surface area contributed by atoms with Crippen molar-refractivity contribution in [1.82, 2.24) is 0 Å². The van der Waals surface area contributed by atoms with Crippen LogP contribution in [0.15, 0.2) is 0 Å². The van der Waals surface area contributed by atoms with E-state index in [-0.39, 0.29) is 0 Å². The summed E-state index contributed by atoms with van der Waals surface area (Å²) in [6.45, 7) is 7.89. The van der Waals surface area contributed by atoms with E-state index in [0.717, 1.165) is 18.4 Å². The summed E-state index contributed by atoms with van der Waals surface area (Å²) in [6, 6.07) is 0. The van der Waals surface area contributed by atoms with Crippen molar-refractivity contribution in [2.75, 3.05) is 6.54 Å². The van der Waals surface area contributed by atoms with Gasteiger partial charge in [0, 0.05) is 0 Å². The molecule has 1 unspecified atom stereocenters. The summed E-state index contributed by atoms with van der Waals surface area (Å²) in [5.41, 5.74) is 5.55. The van der Waals surface area contributed by atoms with Gasteiger partial charge in [0.1, 0.15) is 0 Å². The second-order valence-corrected chi connectivity index (χ2v) is 6.34. The molecule has 0 fully saturated rings. The molecular formula is C17H37N. The largest absolute Gasteiger partial charge is 0.330 e. The summed E-state index contributed by atoms with van der Waals surface area (Å²) >= 11 is 0. The topological polar surface area (TPSA) is 26.0 Å². The Bertz CT molecular complexity index is 154. The molecule has 1 nitrogen and oxygen atoms in total. The van der Waals surface area contributed by atoms with Crippen LogP contribution in [0.3, 0.4) is 0 Å². The predicted molar refractivity (Wildman–Crippen MR) is 83.8 cm³/mol. The molecule has 0 aromatic heterocycles. The first-order chi connectivity index (χ1) is 8.70. The van der Waals surface area contributed by atoms with Crippen LogP contribution < -0.4 is 5.73 Å². The molecule has 18 heavy (non-hydrogen) atoms. The van der Waals surface area contributed by atoms with Crippen LogP contribution >= 0.6 is 0 Å². The van der Waals surface area contributed by atoms with E-state index in [1.165, 1.54) is 70.6 Å². The van der Waals surface area contributed by atoms with Gasteiger partial charge in [-0.15, -0.1) is 0 Å². The van der Waals surface area contributed by atoms with Crippen LogP contribution in [0.25, 0.3) is 0 Å². The van der Waals surface area contributed by atoms with E-state index < -0.39 is 0 Å². The third-order valence-electron chi connectivity index (χ3n) is 3.84. The summed E-state index contributed by atoms with van der Waals surface area (Å²) in [5.74, 6) is 1.84. The number of hydrogen-bond acceptors (Lipinski definition) is 1. The van der Waals surface area contributed by atoms with Crippen LogP contribution in [0.2, 0.25) is 0 Å². The lowest BCUT2D eigenvalue weighted by atomic mass is 9.87. The van der Waals surface area contributed by atoms with Gasteiger partial charge >= 0.3 is 0 Å². The van der Waals surface area contributed by atoms with Gasteiger partial charge < -0.3 is 5.73 Å². The average molecular weight is 255 g/mol. The fraction of sp³-hybridized carbons (Fsp3) is 1.00. The second kappa shape index (κ2) is 13.4. The van der Waals surface area contributed by atoms with Crippen molar-refractivity contribution >= 4 is 0 Å². The van der Waals surface area contributed by atoms with E-state index in [1.54, 1.807) is 0 Å². The Morgan fingerprint density at radius 1 is 0.778 bits per heavy atom. The van der Waals surface area contributed by atoms with Gasteiger partial charge in [-0.1, -0.05) is 78.6 Å². The predicted octanol–water partition coefficient (Wildman–Crippen LogP) is 5.53. The van der Waals surface area contributed by atoms with Crippen molar-refractivity contribution in [1.29, 1.82) is 0 Å². The molecule has 110 valence electrons. The lowest BCUT2D eigenvalue weighted by Gasteiger charge is -2.19. The van der Waals surface area contributed by atoms with Crippen LogP contribution in [-0.4, -0.2) is 6.54 Å². The first-order valence-electron chi connectivity index (χ1n) is 8.40. The number of unbranched alkanes of at least 4 members (excludes halogenated alkanes) is 6. The van der Waals surface area contributed by atoms with Crippen molar-refractivity contribution in [3.63, 3.8) is 0 Å². The maximum absolute atomic E-state index is 5.55. The lowest BCUT2D eigenvalue weighted by molar-refractivity contribution is 0.340. The molecule has 0 aliphatic carbocycles. The zero-order valence-corrected chi connectivity index (χ0v) is 13.2. The van der Waals surface area contributed by atoms with Gasteiger partial charge in [0.05, 0.1) is 0 Å². The molecule has 0 heterocycles. The van der Waals surface area contributed by atoms with Crippen LogP contribution in [0.1, 0.15) is 91.4 Å². The first kappa shape index (κ1) is 18.0. The van der Waals surface area contributed by atoms with Gasteiger partial charge in [0.25, 0.3) is 0 Å². The summed E-state index contributed by atoms with van der Waals surface area (Å²) < 4.78 is 0. The van der Waals surface area contributed by atoms with E-state index in [2.05, 4.69) is 20.8 Å². The summed E-state index contributed by atoms with van der Waals surface area (Å²) in [6.07, 6.45) is 15.4. The minimum absolute atomic E-state index is 0.861. The molecule has 0 saturated heterocycles. The Labute approximate surface area is 116 Å². The molecule has 1 atom stereocenters. The van der Waals surface area contributed by atoms with E-state index in [0.29, 0.717) is 0 Å². The van der Waals surface area contributed by atoms with Crippen molar-refractivity contribution in [2.24, 2.45) is 17.6 Å². The molecule has 0 radical (unpaired) electrons.